The smallest absolute Gasteiger partial charge is 0.0948 e. The van der Waals surface area contributed by atoms with E-state index < -0.39 is 0 Å². The van der Waals surface area contributed by atoms with Crippen LogP contribution in [0.2, 0.25) is 0 Å². The number of hydrogen-bond acceptors (Lipinski definition) is 4. The molecule has 1 atom stereocenters. The molecule has 4 heteroatoms. The predicted molar refractivity (Wildman–Crippen MR) is 90.0 cm³/mol. The zero-order chi connectivity index (χ0) is 15.4. The molecule has 21 heavy (non-hydrogen) atoms. The highest BCUT2D eigenvalue weighted by molar-refractivity contribution is 7.12. The Bertz CT molecular complexity index is 605. The highest BCUT2D eigenvalue weighted by atomic mass is 32.1. The molecule has 0 spiro atoms. The summed E-state index contributed by atoms with van der Waals surface area (Å²) in [5.74, 6) is 0. The van der Waals surface area contributed by atoms with Crippen LogP contribution in [0.3, 0.4) is 0 Å². The van der Waals surface area contributed by atoms with Crippen molar-refractivity contribution in [2.45, 2.75) is 40.2 Å². The van der Waals surface area contributed by atoms with Gasteiger partial charge >= 0.3 is 0 Å². The van der Waals surface area contributed by atoms with Crippen LogP contribution in [-0.4, -0.2) is 29.3 Å². The van der Waals surface area contributed by atoms with E-state index in [9.17, 15) is 5.11 Å². The molecule has 2 rings (SSSR count). The molecular weight excluding hydrogens is 280 g/mol. The summed E-state index contributed by atoms with van der Waals surface area (Å²) in [6.07, 6.45) is 0.609. The monoisotopic (exact) mass is 304 g/mol. The van der Waals surface area contributed by atoms with Crippen LogP contribution in [0.4, 0.5) is 0 Å². The molecule has 1 aromatic carbocycles. The summed E-state index contributed by atoms with van der Waals surface area (Å²) in [5.41, 5.74) is 4.93. The lowest BCUT2D eigenvalue weighted by Crippen LogP contribution is -2.26. The quantitative estimate of drug-likeness (QED) is 0.805. The summed E-state index contributed by atoms with van der Waals surface area (Å²) in [5, 5.41) is 13.6. The minimum absolute atomic E-state index is 0.297. The first-order valence-electron chi connectivity index (χ1n) is 7.40. The predicted octanol–water partition coefficient (Wildman–Crippen LogP) is 3.25. The number of nitrogens with one attached hydrogen (secondary N) is 1. The maximum Gasteiger partial charge on any atom is 0.0948 e. The van der Waals surface area contributed by atoms with E-state index >= 15 is 0 Å². The van der Waals surface area contributed by atoms with Crippen LogP contribution >= 0.6 is 11.3 Å². The largest absolute Gasteiger partial charge is 0.392 e. The fraction of sp³-hybridized carbons (Fsp3) is 0.471. The Morgan fingerprint density at radius 1 is 1.24 bits per heavy atom. The Kier molecular flexibility index (Phi) is 5.51. The average Bonchev–Trinajstić information content (AvgIpc) is 2.79. The van der Waals surface area contributed by atoms with Crippen molar-refractivity contribution in [3.63, 3.8) is 0 Å². The van der Waals surface area contributed by atoms with Gasteiger partial charge in [-0.1, -0.05) is 12.1 Å². The lowest BCUT2D eigenvalue weighted by Gasteiger charge is -2.05. The Morgan fingerprint density at radius 2 is 2.00 bits per heavy atom. The molecule has 0 bridgehead atoms. The highest BCUT2D eigenvalue weighted by Crippen LogP contribution is 2.28. The summed E-state index contributed by atoms with van der Waals surface area (Å²) >= 11 is 1.76. The zero-order valence-electron chi connectivity index (χ0n) is 13.2. The van der Waals surface area contributed by atoms with Gasteiger partial charge in [0, 0.05) is 30.0 Å². The lowest BCUT2D eigenvalue weighted by molar-refractivity contribution is 0.191. The van der Waals surface area contributed by atoms with Crippen LogP contribution in [0.5, 0.6) is 0 Å². The summed E-state index contributed by atoms with van der Waals surface area (Å²) in [6.45, 7) is 9.68. The molecule has 0 saturated carbocycles. The van der Waals surface area contributed by atoms with Crippen molar-refractivity contribution in [2.24, 2.45) is 0 Å². The second-order valence-corrected chi connectivity index (χ2v) is 6.90. The fourth-order valence-electron chi connectivity index (χ4n) is 2.22. The summed E-state index contributed by atoms with van der Waals surface area (Å²) in [4.78, 5) is 6.05. The van der Waals surface area contributed by atoms with E-state index in [1.54, 1.807) is 18.3 Å². The molecule has 3 nitrogen and oxygen atoms in total. The normalized spacial score (nSPS) is 12.6. The Hall–Kier alpha value is -1.23. The van der Waals surface area contributed by atoms with Gasteiger partial charge in [-0.25, -0.2) is 4.98 Å². The van der Waals surface area contributed by atoms with Crippen LogP contribution < -0.4 is 5.32 Å². The van der Waals surface area contributed by atoms with E-state index in [0.717, 1.165) is 23.7 Å². The van der Waals surface area contributed by atoms with Crippen molar-refractivity contribution < 1.29 is 5.11 Å². The van der Waals surface area contributed by atoms with Crippen LogP contribution in [-0.2, 0) is 6.42 Å². The molecule has 0 fully saturated rings. The molecule has 0 saturated heterocycles. The van der Waals surface area contributed by atoms with E-state index in [1.165, 1.54) is 21.6 Å². The average molecular weight is 304 g/mol. The number of benzene rings is 1. The van der Waals surface area contributed by atoms with Gasteiger partial charge in [-0.2, -0.15) is 0 Å². The van der Waals surface area contributed by atoms with Gasteiger partial charge in [0.15, 0.2) is 0 Å². The molecule has 0 amide bonds. The SMILES string of the molecule is Cc1ccc(-c2nc(CCNCC(C)O)sc2C)cc1C. The van der Waals surface area contributed by atoms with Crippen molar-refractivity contribution in [1.29, 1.82) is 0 Å². The third-order valence-electron chi connectivity index (χ3n) is 3.58. The summed E-state index contributed by atoms with van der Waals surface area (Å²) in [6, 6.07) is 6.53. The number of rotatable bonds is 6. The van der Waals surface area contributed by atoms with Gasteiger partial charge in [0.2, 0.25) is 0 Å². The molecule has 2 aromatic rings. The molecule has 0 aliphatic carbocycles. The van der Waals surface area contributed by atoms with Gasteiger partial charge in [0.1, 0.15) is 0 Å². The van der Waals surface area contributed by atoms with Crippen LogP contribution in [0.1, 0.15) is 27.9 Å². The van der Waals surface area contributed by atoms with Crippen LogP contribution in [0.15, 0.2) is 18.2 Å². The van der Waals surface area contributed by atoms with Crippen molar-refractivity contribution >= 4 is 11.3 Å². The fourth-order valence-corrected chi connectivity index (χ4v) is 3.18. The summed E-state index contributed by atoms with van der Waals surface area (Å²) < 4.78 is 0. The maximum absolute atomic E-state index is 9.22. The Balaban J connectivity index is 2.06. The van der Waals surface area contributed by atoms with E-state index in [2.05, 4.69) is 44.3 Å². The molecule has 0 aliphatic heterocycles. The molecule has 0 aliphatic rings. The van der Waals surface area contributed by atoms with Gasteiger partial charge in [-0.15, -0.1) is 11.3 Å². The van der Waals surface area contributed by atoms with Gasteiger partial charge in [0.25, 0.3) is 0 Å². The number of aliphatic hydroxyl groups excluding tert-OH is 1. The topological polar surface area (TPSA) is 45.2 Å². The minimum Gasteiger partial charge on any atom is -0.392 e. The zero-order valence-corrected chi connectivity index (χ0v) is 14.0. The Morgan fingerprint density at radius 3 is 2.67 bits per heavy atom. The number of aryl methyl sites for hydroxylation is 3. The van der Waals surface area contributed by atoms with Crippen molar-refractivity contribution in [2.75, 3.05) is 13.1 Å². The Labute approximate surface area is 131 Å². The maximum atomic E-state index is 9.22. The van der Waals surface area contributed by atoms with E-state index in [0.29, 0.717) is 6.54 Å². The number of nitrogens with zero attached hydrogens (tertiary/aromatic N) is 1. The number of hydrogen-bond donors (Lipinski definition) is 2. The molecule has 2 N–H and O–H groups in total. The molecular formula is C17H24N2OS. The van der Waals surface area contributed by atoms with E-state index in [-0.39, 0.29) is 6.10 Å². The number of aromatic nitrogens is 1. The first-order chi connectivity index (χ1) is 9.97. The van der Waals surface area contributed by atoms with E-state index in [1.807, 2.05) is 0 Å². The van der Waals surface area contributed by atoms with E-state index in [4.69, 9.17) is 4.98 Å². The first-order valence-corrected chi connectivity index (χ1v) is 8.21. The van der Waals surface area contributed by atoms with Gasteiger partial charge in [-0.05, 0) is 44.9 Å². The first kappa shape index (κ1) is 16.1. The van der Waals surface area contributed by atoms with Crippen molar-refractivity contribution in [1.82, 2.24) is 10.3 Å². The number of thiazole rings is 1. The lowest BCUT2D eigenvalue weighted by atomic mass is 10.0. The van der Waals surface area contributed by atoms with Gasteiger partial charge in [-0.3, -0.25) is 0 Å². The van der Waals surface area contributed by atoms with Crippen LogP contribution in [0, 0.1) is 20.8 Å². The highest BCUT2D eigenvalue weighted by Gasteiger charge is 2.10. The molecule has 1 unspecified atom stereocenters. The minimum atomic E-state index is -0.297. The molecule has 114 valence electrons. The van der Waals surface area contributed by atoms with Crippen molar-refractivity contribution in [3.05, 3.63) is 39.2 Å². The number of aliphatic hydroxyl groups is 1. The third kappa shape index (κ3) is 4.37. The van der Waals surface area contributed by atoms with Crippen LogP contribution in [0.25, 0.3) is 11.3 Å². The van der Waals surface area contributed by atoms with Crippen molar-refractivity contribution in [3.8, 4) is 11.3 Å². The second-order valence-electron chi connectivity index (χ2n) is 5.61. The van der Waals surface area contributed by atoms with Gasteiger partial charge in [0.05, 0.1) is 16.8 Å². The molecule has 0 radical (unpaired) electrons. The standard InChI is InChI=1S/C17H24N2OS/c1-11-5-6-15(9-12(11)2)17-14(4)21-16(19-17)7-8-18-10-13(3)20/h5-6,9,13,18,20H,7-8,10H2,1-4H3. The molecule has 1 heterocycles. The molecule has 1 aromatic heterocycles. The summed E-state index contributed by atoms with van der Waals surface area (Å²) in [7, 11) is 0. The van der Waals surface area contributed by atoms with Gasteiger partial charge < -0.3 is 10.4 Å². The second kappa shape index (κ2) is 7.16. The third-order valence-corrected chi connectivity index (χ3v) is 4.61.